The van der Waals surface area contributed by atoms with Crippen molar-refractivity contribution in [2.24, 2.45) is 0 Å². The highest BCUT2D eigenvalue weighted by molar-refractivity contribution is 5.16. The van der Waals surface area contributed by atoms with E-state index in [0.717, 1.165) is 6.54 Å². The predicted molar refractivity (Wildman–Crippen MR) is 70.9 cm³/mol. The Hall–Kier alpha value is -0.860. The van der Waals surface area contributed by atoms with Gasteiger partial charge < -0.3 is 5.32 Å². The molecule has 1 aliphatic heterocycles. The summed E-state index contributed by atoms with van der Waals surface area (Å²) in [6.45, 7) is 5.82. The summed E-state index contributed by atoms with van der Waals surface area (Å²) in [5.41, 5.74) is 1.93. The third-order valence-electron chi connectivity index (χ3n) is 4.29. The van der Waals surface area contributed by atoms with Crippen molar-refractivity contribution >= 4 is 0 Å². The van der Waals surface area contributed by atoms with E-state index in [1.165, 1.54) is 37.9 Å². The highest BCUT2D eigenvalue weighted by atomic mass is 15.3. The lowest BCUT2D eigenvalue weighted by molar-refractivity contribution is 0.110. The van der Waals surface area contributed by atoms with E-state index in [0.29, 0.717) is 11.6 Å². The molecule has 1 spiro atoms. The van der Waals surface area contributed by atoms with Crippen molar-refractivity contribution in [3.63, 3.8) is 0 Å². The van der Waals surface area contributed by atoms with Gasteiger partial charge in [-0.05, 0) is 24.8 Å². The molecule has 0 aromatic heterocycles. The molecule has 1 aromatic rings. The summed E-state index contributed by atoms with van der Waals surface area (Å²) in [6, 6.07) is 11.6. The number of nitrogens with zero attached hydrogens (tertiary/aromatic N) is 1. The molecular weight excluding hydrogens is 208 g/mol. The molecule has 1 heterocycles. The minimum atomic E-state index is 0.487. The van der Waals surface area contributed by atoms with Crippen molar-refractivity contribution in [3.8, 4) is 0 Å². The number of hydrogen-bond donors (Lipinski definition) is 1. The Morgan fingerprint density at radius 2 is 2.06 bits per heavy atom. The second kappa shape index (κ2) is 4.43. The minimum Gasteiger partial charge on any atom is -0.308 e. The summed E-state index contributed by atoms with van der Waals surface area (Å²) in [6.07, 6.45) is 3.99. The van der Waals surface area contributed by atoms with Crippen molar-refractivity contribution in [1.29, 1.82) is 0 Å². The smallest absolute Gasteiger partial charge is 0.0311 e. The van der Waals surface area contributed by atoms with Gasteiger partial charge in [0.15, 0.2) is 0 Å². The fraction of sp³-hybridized carbons (Fsp3) is 0.600. The molecule has 92 valence electrons. The summed E-state index contributed by atoms with van der Waals surface area (Å²) in [5, 5.41) is 3.74. The van der Waals surface area contributed by atoms with Gasteiger partial charge in [-0.2, -0.15) is 0 Å². The Kier molecular flexibility index (Phi) is 2.93. The Balaban J connectivity index is 1.70. The molecule has 1 unspecified atom stereocenters. The first-order valence-corrected chi connectivity index (χ1v) is 6.84. The van der Waals surface area contributed by atoms with E-state index >= 15 is 0 Å². The van der Waals surface area contributed by atoms with Crippen LogP contribution in [0.3, 0.4) is 0 Å². The zero-order valence-electron chi connectivity index (χ0n) is 10.7. The average Bonchev–Trinajstić information content (AvgIpc) is 3.10. The summed E-state index contributed by atoms with van der Waals surface area (Å²) in [4.78, 5) is 2.68. The first kappa shape index (κ1) is 11.2. The highest BCUT2D eigenvalue weighted by Crippen LogP contribution is 2.39. The first-order valence-electron chi connectivity index (χ1n) is 6.84. The average molecular weight is 230 g/mol. The van der Waals surface area contributed by atoms with Crippen LogP contribution in [0.25, 0.3) is 0 Å². The Morgan fingerprint density at radius 3 is 2.71 bits per heavy atom. The van der Waals surface area contributed by atoms with E-state index in [1.807, 2.05) is 0 Å². The van der Waals surface area contributed by atoms with Crippen LogP contribution in [0.15, 0.2) is 30.3 Å². The van der Waals surface area contributed by atoms with E-state index in [9.17, 15) is 0 Å². The largest absolute Gasteiger partial charge is 0.308 e. The predicted octanol–water partition coefficient (Wildman–Crippen LogP) is 2.40. The van der Waals surface area contributed by atoms with Crippen LogP contribution in [0.5, 0.6) is 0 Å². The molecule has 1 aromatic carbocycles. The van der Waals surface area contributed by atoms with Gasteiger partial charge >= 0.3 is 0 Å². The lowest BCUT2D eigenvalue weighted by Crippen LogP contribution is -2.57. The number of benzene rings is 1. The molecule has 2 aliphatic rings. The number of rotatable bonds is 3. The lowest BCUT2D eigenvalue weighted by atomic mass is 10.0. The maximum Gasteiger partial charge on any atom is 0.0311 e. The SMILES string of the molecule is CCC1CNC2(CC2)CN1Cc1ccccc1. The van der Waals surface area contributed by atoms with Gasteiger partial charge in [-0.15, -0.1) is 0 Å². The molecule has 2 heteroatoms. The highest BCUT2D eigenvalue weighted by Gasteiger charge is 2.47. The topological polar surface area (TPSA) is 15.3 Å². The molecule has 0 bridgehead atoms. The van der Waals surface area contributed by atoms with Gasteiger partial charge in [0.2, 0.25) is 0 Å². The normalized spacial score (nSPS) is 27.2. The fourth-order valence-electron chi connectivity index (χ4n) is 2.93. The van der Waals surface area contributed by atoms with Gasteiger partial charge in [0.1, 0.15) is 0 Å². The van der Waals surface area contributed by atoms with Crippen molar-refractivity contribution in [3.05, 3.63) is 35.9 Å². The van der Waals surface area contributed by atoms with Crippen LogP contribution in [-0.4, -0.2) is 29.6 Å². The third kappa shape index (κ3) is 2.38. The van der Waals surface area contributed by atoms with Gasteiger partial charge in [-0.25, -0.2) is 0 Å². The van der Waals surface area contributed by atoms with Gasteiger partial charge in [-0.3, -0.25) is 4.90 Å². The minimum absolute atomic E-state index is 0.487. The fourth-order valence-corrected chi connectivity index (χ4v) is 2.93. The van der Waals surface area contributed by atoms with E-state index in [1.54, 1.807) is 0 Å². The zero-order chi connectivity index (χ0) is 11.7. The van der Waals surface area contributed by atoms with Crippen LogP contribution in [0.4, 0.5) is 0 Å². The second-order valence-electron chi connectivity index (χ2n) is 5.61. The summed E-state index contributed by atoms with van der Waals surface area (Å²) in [7, 11) is 0. The Morgan fingerprint density at radius 1 is 1.29 bits per heavy atom. The molecule has 3 rings (SSSR count). The monoisotopic (exact) mass is 230 g/mol. The second-order valence-corrected chi connectivity index (χ2v) is 5.61. The van der Waals surface area contributed by atoms with Gasteiger partial charge in [0, 0.05) is 31.2 Å². The summed E-state index contributed by atoms with van der Waals surface area (Å²) < 4.78 is 0. The van der Waals surface area contributed by atoms with Crippen molar-refractivity contribution < 1.29 is 0 Å². The van der Waals surface area contributed by atoms with E-state index in [4.69, 9.17) is 0 Å². The maximum absolute atomic E-state index is 3.74. The van der Waals surface area contributed by atoms with Crippen LogP contribution < -0.4 is 5.32 Å². The van der Waals surface area contributed by atoms with Gasteiger partial charge in [-0.1, -0.05) is 37.3 Å². The molecular formula is C15H22N2. The van der Waals surface area contributed by atoms with Crippen molar-refractivity contribution in [1.82, 2.24) is 10.2 Å². The van der Waals surface area contributed by atoms with Crippen LogP contribution in [0.2, 0.25) is 0 Å². The zero-order valence-corrected chi connectivity index (χ0v) is 10.7. The standard InChI is InChI=1S/C15H22N2/c1-2-14-10-16-15(8-9-15)12-17(14)11-13-6-4-3-5-7-13/h3-7,14,16H,2,8-12H2,1H3. The van der Waals surface area contributed by atoms with Gasteiger partial charge in [0.05, 0.1) is 0 Å². The van der Waals surface area contributed by atoms with Crippen LogP contribution >= 0.6 is 0 Å². The Labute approximate surface area is 104 Å². The van der Waals surface area contributed by atoms with Gasteiger partial charge in [0.25, 0.3) is 0 Å². The molecule has 0 amide bonds. The lowest BCUT2D eigenvalue weighted by Gasteiger charge is -2.40. The third-order valence-corrected chi connectivity index (χ3v) is 4.29. The van der Waals surface area contributed by atoms with Crippen molar-refractivity contribution in [2.45, 2.75) is 44.3 Å². The number of hydrogen-bond acceptors (Lipinski definition) is 2. The van der Waals surface area contributed by atoms with E-state index < -0.39 is 0 Å². The molecule has 1 saturated carbocycles. The molecule has 2 nitrogen and oxygen atoms in total. The molecule has 17 heavy (non-hydrogen) atoms. The van der Waals surface area contributed by atoms with E-state index in [2.05, 4.69) is 47.5 Å². The molecule has 0 radical (unpaired) electrons. The first-order chi connectivity index (χ1) is 8.31. The molecule has 2 fully saturated rings. The summed E-state index contributed by atoms with van der Waals surface area (Å²) >= 11 is 0. The Bertz CT molecular complexity index is 370. The quantitative estimate of drug-likeness (QED) is 0.858. The molecule has 1 N–H and O–H groups in total. The molecule has 1 atom stereocenters. The maximum atomic E-state index is 3.74. The van der Waals surface area contributed by atoms with Crippen LogP contribution in [0.1, 0.15) is 31.7 Å². The van der Waals surface area contributed by atoms with Crippen LogP contribution in [-0.2, 0) is 6.54 Å². The number of piperazine rings is 1. The summed E-state index contributed by atoms with van der Waals surface area (Å²) in [5.74, 6) is 0. The van der Waals surface area contributed by atoms with Crippen molar-refractivity contribution in [2.75, 3.05) is 13.1 Å². The van der Waals surface area contributed by atoms with E-state index in [-0.39, 0.29) is 0 Å². The molecule has 1 saturated heterocycles. The molecule has 1 aliphatic carbocycles. The number of nitrogens with one attached hydrogen (secondary N) is 1. The van der Waals surface area contributed by atoms with Crippen LogP contribution in [0, 0.1) is 0 Å².